The van der Waals surface area contributed by atoms with Crippen molar-refractivity contribution >= 4 is 10.8 Å². The second-order valence-electron chi connectivity index (χ2n) is 4.60. The Bertz CT molecular complexity index is 483. The Hall–Kier alpha value is -1.50. The van der Waals surface area contributed by atoms with Gasteiger partial charge in [-0.1, -0.05) is 56.5 Å². The van der Waals surface area contributed by atoms with Crippen LogP contribution in [0.3, 0.4) is 0 Å². The molecule has 0 bridgehead atoms. The van der Waals surface area contributed by atoms with E-state index in [0.29, 0.717) is 5.75 Å². The summed E-state index contributed by atoms with van der Waals surface area (Å²) in [7, 11) is 0. The van der Waals surface area contributed by atoms with Crippen LogP contribution in [0.2, 0.25) is 0 Å². The molecule has 0 atom stereocenters. The van der Waals surface area contributed by atoms with Crippen LogP contribution in [0.15, 0.2) is 36.4 Å². The summed E-state index contributed by atoms with van der Waals surface area (Å²) in [6.45, 7) is 2.23. The first-order valence-corrected chi connectivity index (χ1v) is 6.52. The van der Waals surface area contributed by atoms with Gasteiger partial charge in [0.1, 0.15) is 5.75 Å². The summed E-state index contributed by atoms with van der Waals surface area (Å²) >= 11 is 0. The number of phenolic OH excluding ortho intramolecular Hbond substituents is 1. The molecule has 2 aromatic carbocycles. The van der Waals surface area contributed by atoms with Crippen molar-refractivity contribution in [2.24, 2.45) is 0 Å². The van der Waals surface area contributed by atoms with Crippen LogP contribution in [-0.4, -0.2) is 5.11 Å². The summed E-state index contributed by atoms with van der Waals surface area (Å²) in [4.78, 5) is 0. The number of hydrogen-bond donors (Lipinski definition) is 1. The van der Waals surface area contributed by atoms with E-state index in [4.69, 9.17) is 0 Å². The van der Waals surface area contributed by atoms with Crippen molar-refractivity contribution in [3.63, 3.8) is 0 Å². The molecule has 0 amide bonds. The fraction of sp³-hybridized carbons (Fsp3) is 0.375. The maximum atomic E-state index is 9.95. The van der Waals surface area contributed by atoms with Gasteiger partial charge in [0.2, 0.25) is 0 Å². The zero-order chi connectivity index (χ0) is 12.1. The Labute approximate surface area is 103 Å². The SMILES string of the molecule is CCCCCCc1cccc2cccc(O)c12. The monoisotopic (exact) mass is 228 g/mol. The molecule has 1 N–H and O–H groups in total. The maximum Gasteiger partial charge on any atom is 0.123 e. The molecule has 0 aromatic heterocycles. The minimum Gasteiger partial charge on any atom is -0.507 e. The molecule has 0 aliphatic carbocycles. The highest BCUT2D eigenvalue weighted by atomic mass is 16.3. The largest absolute Gasteiger partial charge is 0.507 e. The fourth-order valence-electron chi connectivity index (χ4n) is 2.35. The number of benzene rings is 2. The Morgan fingerprint density at radius 2 is 1.71 bits per heavy atom. The predicted octanol–water partition coefficient (Wildman–Crippen LogP) is 4.67. The van der Waals surface area contributed by atoms with E-state index >= 15 is 0 Å². The first-order chi connectivity index (χ1) is 8.33. The van der Waals surface area contributed by atoms with E-state index in [1.165, 1.54) is 31.2 Å². The highest BCUT2D eigenvalue weighted by Crippen LogP contribution is 2.28. The molecule has 0 aliphatic heterocycles. The number of fused-ring (bicyclic) bond motifs is 1. The van der Waals surface area contributed by atoms with E-state index < -0.39 is 0 Å². The maximum absolute atomic E-state index is 9.95. The third-order valence-corrected chi connectivity index (χ3v) is 3.27. The molecule has 0 aliphatic rings. The van der Waals surface area contributed by atoms with E-state index in [0.717, 1.165) is 17.2 Å². The summed E-state index contributed by atoms with van der Waals surface area (Å²) in [6.07, 6.45) is 6.12. The molecule has 0 heterocycles. The van der Waals surface area contributed by atoms with Gasteiger partial charge >= 0.3 is 0 Å². The molecule has 90 valence electrons. The van der Waals surface area contributed by atoms with Crippen molar-refractivity contribution in [3.05, 3.63) is 42.0 Å². The summed E-state index contributed by atoms with van der Waals surface area (Å²) in [5, 5.41) is 12.1. The lowest BCUT2D eigenvalue weighted by molar-refractivity contribution is 0.481. The summed E-state index contributed by atoms with van der Waals surface area (Å²) in [6, 6.07) is 12.0. The lowest BCUT2D eigenvalue weighted by atomic mass is 9.99. The van der Waals surface area contributed by atoms with Crippen molar-refractivity contribution < 1.29 is 5.11 Å². The van der Waals surface area contributed by atoms with Gasteiger partial charge in [-0.15, -0.1) is 0 Å². The van der Waals surface area contributed by atoms with Crippen LogP contribution in [0.25, 0.3) is 10.8 Å². The smallest absolute Gasteiger partial charge is 0.123 e. The van der Waals surface area contributed by atoms with E-state index in [1.807, 2.05) is 6.07 Å². The summed E-state index contributed by atoms with van der Waals surface area (Å²) in [5.74, 6) is 0.411. The van der Waals surface area contributed by atoms with E-state index in [1.54, 1.807) is 6.07 Å². The van der Waals surface area contributed by atoms with Gasteiger partial charge in [-0.2, -0.15) is 0 Å². The number of phenols is 1. The van der Waals surface area contributed by atoms with Gasteiger partial charge < -0.3 is 5.11 Å². The Morgan fingerprint density at radius 1 is 0.941 bits per heavy atom. The molecule has 0 radical (unpaired) electrons. The van der Waals surface area contributed by atoms with Crippen LogP contribution in [-0.2, 0) is 6.42 Å². The van der Waals surface area contributed by atoms with Crippen LogP contribution in [0.1, 0.15) is 38.2 Å². The van der Waals surface area contributed by atoms with Crippen molar-refractivity contribution in [2.75, 3.05) is 0 Å². The van der Waals surface area contributed by atoms with Gasteiger partial charge in [-0.3, -0.25) is 0 Å². The molecule has 2 aromatic rings. The zero-order valence-corrected chi connectivity index (χ0v) is 10.4. The normalized spacial score (nSPS) is 10.9. The van der Waals surface area contributed by atoms with Crippen molar-refractivity contribution in [1.29, 1.82) is 0 Å². The highest BCUT2D eigenvalue weighted by molar-refractivity contribution is 5.91. The van der Waals surface area contributed by atoms with Crippen LogP contribution in [0.5, 0.6) is 5.75 Å². The van der Waals surface area contributed by atoms with Gasteiger partial charge in [0.15, 0.2) is 0 Å². The Balaban J connectivity index is 2.21. The van der Waals surface area contributed by atoms with Gasteiger partial charge in [0.05, 0.1) is 0 Å². The molecule has 0 spiro atoms. The van der Waals surface area contributed by atoms with Gasteiger partial charge in [-0.05, 0) is 29.9 Å². The van der Waals surface area contributed by atoms with Gasteiger partial charge in [-0.25, -0.2) is 0 Å². The van der Waals surface area contributed by atoms with E-state index in [2.05, 4.69) is 31.2 Å². The molecule has 0 saturated carbocycles. The molecule has 17 heavy (non-hydrogen) atoms. The molecule has 0 fully saturated rings. The topological polar surface area (TPSA) is 20.2 Å². The van der Waals surface area contributed by atoms with Crippen molar-refractivity contribution in [2.45, 2.75) is 39.0 Å². The van der Waals surface area contributed by atoms with E-state index in [-0.39, 0.29) is 0 Å². The molecule has 1 nitrogen and oxygen atoms in total. The second-order valence-corrected chi connectivity index (χ2v) is 4.60. The third kappa shape index (κ3) is 2.79. The van der Waals surface area contributed by atoms with Crippen molar-refractivity contribution in [1.82, 2.24) is 0 Å². The Kier molecular flexibility index (Phi) is 4.03. The molecule has 0 saturated heterocycles. The number of unbranched alkanes of at least 4 members (excludes halogenated alkanes) is 3. The number of aromatic hydroxyl groups is 1. The first kappa shape index (κ1) is 12.0. The quantitative estimate of drug-likeness (QED) is 0.737. The lowest BCUT2D eigenvalue weighted by Gasteiger charge is -2.08. The first-order valence-electron chi connectivity index (χ1n) is 6.52. The standard InChI is InChI=1S/C16H20O/c1-2-3-4-5-8-13-9-6-10-14-11-7-12-15(17)16(13)14/h6-7,9-12,17H,2-5,8H2,1H3. The summed E-state index contributed by atoms with van der Waals surface area (Å²) in [5.41, 5.74) is 1.27. The van der Waals surface area contributed by atoms with Crippen LogP contribution >= 0.6 is 0 Å². The number of rotatable bonds is 5. The number of hydrogen-bond acceptors (Lipinski definition) is 1. The minimum atomic E-state index is 0.411. The lowest BCUT2D eigenvalue weighted by Crippen LogP contribution is -1.88. The predicted molar refractivity (Wildman–Crippen MR) is 73.5 cm³/mol. The zero-order valence-electron chi connectivity index (χ0n) is 10.4. The van der Waals surface area contributed by atoms with Crippen LogP contribution < -0.4 is 0 Å². The Morgan fingerprint density at radius 3 is 2.47 bits per heavy atom. The molecule has 0 unspecified atom stereocenters. The average Bonchev–Trinajstić information content (AvgIpc) is 2.35. The molecular weight excluding hydrogens is 208 g/mol. The van der Waals surface area contributed by atoms with Crippen LogP contribution in [0, 0.1) is 0 Å². The summed E-state index contributed by atoms with van der Waals surface area (Å²) < 4.78 is 0. The van der Waals surface area contributed by atoms with Crippen LogP contribution in [0.4, 0.5) is 0 Å². The molecular formula is C16H20O. The third-order valence-electron chi connectivity index (χ3n) is 3.27. The minimum absolute atomic E-state index is 0.411. The van der Waals surface area contributed by atoms with Gasteiger partial charge in [0.25, 0.3) is 0 Å². The average molecular weight is 228 g/mol. The van der Waals surface area contributed by atoms with Crippen molar-refractivity contribution in [3.8, 4) is 5.75 Å². The highest BCUT2D eigenvalue weighted by Gasteiger charge is 2.04. The second kappa shape index (κ2) is 5.72. The molecule has 2 rings (SSSR count). The fourth-order valence-corrected chi connectivity index (χ4v) is 2.35. The van der Waals surface area contributed by atoms with Gasteiger partial charge in [0, 0.05) is 5.39 Å². The van der Waals surface area contributed by atoms with E-state index in [9.17, 15) is 5.11 Å². The molecule has 1 heteroatoms. The number of aryl methyl sites for hydroxylation is 1.